The van der Waals surface area contributed by atoms with E-state index in [0.29, 0.717) is 31.1 Å². The summed E-state index contributed by atoms with van der Waals surface area (Å²) in [6.07, 6.45) is 5.76. The first-order valence-corrected chi connectivity index (χ1v) is 8.79. The summed E-state index contributed by atoms with van der Waals surface area (Å²) in [6, 6.07) is 0. The van der Waals surface area contributed by atoms with Gasteiger partial charge >= 0.3 is 0 Å². The van der Waals surface area contributed by atoms with Crippen LogP contribution >= 0.6 is 0 Å². The maximum Gasteiger partial charge on any atom is 0.258 e. The summed E-state index contributed by atoms with van der Waals surface area (Å²) < 4.78 is 7.56. The molecule has 7 heteroatoms. The van der Waals surface area contributed by atoms with Crippen molar-refractivity contribution in [2.75, 3.05) is 19.7 Å². The largest absolute Gasteiger partial charge is 0.477 e. The van der Waals surface area contributed by atoms with Gasteiger partial charge in [0.1, 0.15) is 5.56 Å². The number of carbonyl (C=O) groups is 2. The van der Waals surface area contributed by atoms with Crippen molar-refractivity contribution in [2.24, 2.45) is 11.3 Å². The van der Waals surface area contributed by atoms with E-state index in [1.807, 2.05) is 6.92 Å². The molecule has 2 N–H and O–H groups in total. The maximum atomic E-state index is 12.3. The zero-order valence-corrected chi connectivity index (χ0v) is 14.4. The van der Waals surface area contributed by atoms with E-state index >= 15 is 0 Å². The molecule has 0 radical (unpaired) electrons. The summed E-state index contributed by atoms with van der Waals surface area (Å²) in [5, 5.41) is 9.93. The van der Waals surface area contributed by atoms with Crippen molar-refractivity contribution in [3.63, 3.8) is 0 Å². The van der Waals surface area contributed by atoms with Crippen LogP contribution in [0.1, 0.15) is 49.9 Å². The second-order valence-electron chi connectivity index (χ2n) is 7.05. The van der Waals surface area contributed by atoms with Crippen molar-refractivity contribution in [1.29, 1.82) is 0 Å². The molecule has 1 aliphatic heterocycles. The number of nitrogens with zero attached hydrogens (tertiary/aromatic N) is 2. The fourth-order valence-electron chi connectivity index (χ4n) is 3.05. The molecule has 3 rings (SSSR count). The Bertz CT molecular complexity index is 621. The Morgan fingerprint density at radius 3 is 2.83 bits per heavy atom. The third-order valence-corrected chi connectivity index (χ3v) is 4.87. The quantitative estimate of drug-likeness (QED) is 0.737. The van der Waals surface area contributed by atoms with Gasteiger partial charge in [-0.3, -0.25) is 9.59 Å². The lowest BCUT2D eigenvalue weighted by molar-refractivity contribution is -0.124. The van der Waals surface area contributed by atoms with Gasteiger partial charge in [-0.2, -0.15) is 5.10 Å². The maximum absolute atomic E-state index is 12.3. The number of nitrogens with one attached hydrogen (secondary N) is 2. The standard InChI is InChI=1S/C17H26N4O3/c1-3-4-12(2)14(22)18-7-8-19-15(23)13-9-20-21-10-17(5-6-17)11-24-16(13)21/h9,12H,3-8,10-11H2,1-2H3,(H,18,22)(H,19,23). The van der Waals surface area contributed by atoms with E-state index in [2.05, 4.69) is 22.7 Å². The van der Waals surface area contributed by atoms with Gasteiger partial charge in [0.05, 0.1) is 19.3 Å². The first-order chi connectivity index (χ1) is 11.5. The van der Waals surface area contributed by atoms with Crippen LogP contribution in [0.15, 0.2) is 6.20 Å². The summed E-state index contributed by atoms with van der Waals surface area (Å²) in [7, 11) is 0. The van der Waals surface area contributed by atoms with Crippen molar-refractivity contribution in [3.8, 4) is 5.88 Å². The zero-order valence-electron chi connectivity index (χ0n) is 14.4. The van der Waals surface area contributed by atoms with Crippen LogP contribution in [0.4, 0.5) is 0 Å². The Morgan fingerprint density at radius 2 is 2.12 bits per heavy atom. The van der Waals surface area contributed by atoms with Gasteiger partial charge in [0.25, 0.3) is 5.91 Å². The third-order valence-electron chi connectivity index (χ3n) is 4.87. The van der Waals surface area contributed by atoms with Gasteiger partial charge in [0.15, 0.2) is 0 Å². The minimum absolute atomic E-state index is 0.0107. The molecule has 1 atom stereocenters. The van der Waals surface area contributed by atoms with E-state index in [1.54, 1.807) is 10.9 Å². The Morgan fingerprint density at radius 1 is 1.38 bits per heavy atom. The summed E-state index contributed by atoms with van der Waals surface area (Å²) in [4.78, 5) is 24.1. The molecule has 7 nitrogen and oxygen atoms in total. The molecule has 2 aliphatic rings. The van der Waals surface area contributed by atoms with Crippen LogP contribution in [0.2, 0.25) is 0 Å². The Hall–Kier alpha value is -2.05. The number of rotatable bonds is 7. The second-order valence-corrected chi connectivity index (χ2v) is 7.05. The fraction of sp³-hybridized carbons (Fsp3) is 0.706. The minimum Gasteiger partial charge on any atom is -0.477 e. The van der Waals surface area contributed by atoms with E-state index < -0.39 is 0 Å². The van der Waals surface area contributed by atoms with E-state index in [1.165, 1.54) is 12.8 Å². The number of hydrogen-bond acceptors (Lipinski definition) is 4. The van der Waals surface area contributed by atoms with E-state index in [9.17, 15) is 9.59 Å². The van der Waals surface area contributed by atoms with Crippen LogP contribution in [0.25, 0.3) is 0 Å². The van der Waals surface area contributed by atoms with Gasteiger partial charge in [0, 0.05) is 24.4 Å². The summed E-state index contributed by atoms with van der Waals surface area (Å²) in [5.41, 5.74) is 0.725. The van der Waals surface area contributed by atoms with Crippen LogP contribution in [-0.4, -0.2) is 41.3 Å². The Kier molecular flexibility index (Phi) is 4.78. The Labute approximate surface area is 142 Å². The molecule has 1 aliphatic carbocycles. The highest BCUT2D eigenvalue weighted by atomic mass is 16.5. The zero-order chi connectivity index (χ0) is 17.2. The molecule has 1 saturated carbocycles. The number of amides is 2. The summed E-state index contributed by atoms with van der Waals surface area (Å²) in [5.74, 6) is 0.396. The third kappa shape index (κ3) is 3.55. The number of hydrogen-bond donors (Lipinski definition) is 2. The molecule has 2 amide bonds. The first-order valence-electron chi connectivity index (χ1n) is 8.79. The SMILES string of the molecule is CCCC(C)C(=O)NCCNC(=O)c1cnn2c1OCC1(CC1)C2. The lowest BCUT2D eigenvalue weighted by Crippen LogP contribution is -2.37. The van der Waals surface area contributed by atoms with Crippen molar-refractivity contribution in [2.45, 2.75) is 46.1 Å². The molecule has 0 saturated heterocycles. The van der Waals surface area contributed by atoms with Gasteiger partial charge in [-0.25, -0.2) is 4.68 Å². The van der Waals surface area contributed by atoms with E-state index in [4.69, 9.17) is 4.74 Å². The molecule has 1 aromatic rings. The Balaban J connectivity index is 1.45. The highest BCUT2D eigenvalue weighted by Gasteiger charge is 2.47. The molecule has 1 aromatic heterocycles. The predicted molar refractivity (Wildman–Crippen MR) is 88.8 cm³/mol. The van der Waals surface area contributed by atoms with Gasteiger partial charge in [-0.15, -0.1) is 0 Å². The summed E-state index contributed by atoms with van der Waals surface area (Å²) >= 11 is 0. The van der Waals surface area contributed by atoms with Crippen LogP contribution in [0.3, 0.4) is 0 Å². The average Bonchev–Trinajstić information content (AvgIpc) is 3.18. The normalized spacial score (nSPS) is 18.4. The first kappa shape index (κ1) is 16.8. The molecule has 0 aromatic carbocycles. The molecule has 0 bridgehead atoms. The lowest BCUT2D eigenvalue weighted by Gasteiger charge is -2.24. The molecule has 1 spiro atoms. The van der Waals surface area contributed by atoms with Gasteiger partial charge in [-0.05, 0) is 19.3 Å². The van der Waals surface area contributed by atoms with Gasteiger partial charge in [-0.1, -0.05) is 20.3 Å². The van der Waals surface area contributed by atoms with Crippen molar-refractivity contribution < 1.29 is 14.3 Å². The van der Waals surface area contributed by atoms with Gasteiger partial charge < -0.3 is 15.4 Å². The molecular formula is C17H26N4O3. The molecule has 1 fully saturated rings. The molecule has 2 heterocycles. The minimum atomic E-state index is -0.209. The van der Waals surface area contributed by atoms with Crippen LogP contribution < -0.4 is 15.4 Å². The predicted octanol–water partition coefficient (Wildman–Crippen LogP) is 1.34. The van der Waals surface area contributed by atoms with Crippen LogP contribution in [-0.2, 0) is 11.3 Å². The fourth-order valence-corrected chi connectivity index (χ4v) is 3.05. The van der Waals surface area contributed by atoms with Crippen LogP contribution in [0.5, 0.6) is 5.88 Å². The smallest absolute Gasteiger partial charge is 0.258 e. The molecular weight excluding hydrogens is 308 g/mol. The monoisotopic (exact) mass is 334 g/mol. The topological polar surface area (TPSA) is 85.3 Å². The number of ether oxygens (including phenoxy) is 1. The number of carbonyl (C=O) groups excluding carboxylic acids is 2. The molecule has 1 unspecified atom stereocenters. The van der Waals surface area contributed by atoms with Crippen molar-refractivity contribution in [3.05, 3.63) is 11.8 Å². The van der Waals surface area contributed by atoms with Crippen molar-refractivity contribution >= 4 is 11.8 Å². The van der Waals surface area contributed by atoms with E-state index in [-0.39, 0.29) is 23.1 Å². The van der Waals surface area contributed by atoms with E-state index in [0.717, 1.165) is 19.4 Å². The number of aromatic nitrogens is 2. The molecule has 132 valence electrons. The number of fused-ring (bicyclic) bond motifs is 1. The second kappa shape index (κ2) is 6.83. The highest BCUT2D eigenvalue weighted by Crippen LogP contribution is 2.50. The van der Waals surface area contributed by atoms with Gasteiger partial charge in [0.2, 0.25) is 11.8 Å². The average molecular weight is 334 g/mol. The highest BCUT2D eigenvalue weighted by molar-refractivity contribution is 5.96. The lowest BCUT2D eigenvalue weighted by atomic mass is 10.1. The van der Waals surface area contributed by atoms with Crippen LogP contribution in [0, 0.1) is 11.3 Å². The van der Waals surface area contributed by atoms with Crippen molar-refractivity contribution in [1.82, 2.24) is 20.4 Å². The molecule has 24 heavy (non-hydrogen) atoms. The summed E-state index contributed by atoms with van der Waals surface area (Å²) in [6.45, 7) is 6.29.